The lowest BCUT2D eigenvalue weighted by Gasteiger charge is -2.10. The van der Waals surface area contributed by atoms with Gasteiger partial charge in [-0.25, -0.2) is 4.39 Å². The quantitative estimate of drug-likeness (QED) is 0.817. The zero-order chi connectivity index (χ0) is 18.9. The summed E-state index contributed by atoms with van der Waals surface area (Å²) in [6.07, 6.45) is -2.55. The number of carbonyl (C=O) groups excluding carboxylic acids is 1. The topological polar surface area (TPSA) is 95.7 Å². The van der Waals surface area contributed by atoms with Crippen molar-refractivity contribution < 1.29 is 27.9 Å². The second-order valence-electron chi connectivity index (χ2n) is 5.20. The highest BCUT2D eigenvalue weighted by atomic mass is 32.2. The van der Waals surface area contributed by atoms with Gasteiger partial charge in [0.25, 0.3) is 0 Å². The Balaban J connectivity index is 1.86. The first-order chi connectivity index (χ1) is 12.2. The van der Waals surface area contributed by atoms with Crippen LogP contribution in [0.25, 0.3) is 0 Å². The Labute approximate surface area is 145 Å². The van der Waals surface area contributed by atoms with Gasteiger partial charge in [-0.3, -0.25) is 4.79 Å². The summed E-state index contributed by atoms with van der Waals surface area (Å²) in [5.41, 5.74) is 5.58. The van der Waals surface area contributed by atoms with Crippen molar-refractivity contribution in [3.05, 3.63) is 83.2 Å². The third kappa shape index (κ3) is 3.63. The molecule has 0 spiro atoms. The van der Waals surface area contributed by atoms with Crippen molar-refractivity contribution in [3.8, 4) is 0 Å². The average Bonchev–Trinajstić information content (AvgIpc) is 2.79. The first-order valence-electron chi connectivity index (χ1n) is 7.67. The van der Waals surface area contributed by atoms with Crippen LogP contribution in [0.15, 0.2) is 66.2 Å². The number of carbonyl (C=O) groups is 1. The van der Waals surface area contributed by atoms with Gasteiger partial charge >= 0.3 is 10.1 Å². The van der Waals surface area contributed by atoms with E-state index in [1.807, 2.05) is 0 Å². The summed E-state index contributed by atoms with van der Waals surface area (Å²) >= 11 is 0. The highest BCUT2D eigenvalue weighted by Crippen LogP contribution is 2.33. The fraction of sp³-hybridized carbons (Fsp3) is 0.118. The molecule has 8 heteroatoms. The van der Waals surface area contributed by atoms with Crippen molar-refractivity contribution in [3.63, 3.8) is 0 Å². The summed E-state index contributed by atoms with van der Waals surface area (Å²) in [4.78, 5) is 12.5. The minimum Gasteiger partial charge on any atom is -0.460 e. The first-order valence-corrected chi connectivity index (χ1v) is 8.75. The zero-order valence-electron chi connectivity index (χ0n) is 13.8. The van der Waals surface area contributed by atoms with Gasteiger partial charge in [-0.05, 0) is 11.6 Å². The van der Waals surface area contributed by atoms with Gasteiger partial charge < -0.3 is 14.7 Å². The van der Waals surface area contributed by atoms with E-state index in [0.717, 1.165) is 6.07 Å². The van der Waals surface area contributed by atoms with Gasteiger partial charge in [0, 0.05) is 5.56 Å². The molecule has 2 N–H and O–H groups in total. The van der Waals surface area contributed by atoms with E-state index >= 15 is 0 Å². The molecule has 0 fully saturated rings. The molecular formula is C17H14FNO5S. The molecule has 1 heterocycles. The molecule has 0 aromatic heterocycles. The van der Waals surface area contributed by atoms with Crippen LogP contribution >= 0.6 is 0 Å². The summed E-state index contributed by atoms with van der Waals surface area (Å²) < 4.78 is 56.3. The van der Waals surface area contributed by atoms with E-state index in [1.54, 1.807) is 30.3 Å². The van der Waals surface area contributed by atoms with Gasteiger partial charge in [0.05, 0.1) is 1.37 Å². The van der Waals surface area contributed by atoms with Crippen LogP contribution in [0.1, 0.15) is 18.6 Å². The number of benzene rings is 2. The largest absolute Gasteiger partial charge is 0.460 e. The number of hydrogen-bond donors (Lipinski definition) is 1. The Morgan fingerprint density at radius 2 is 1.80 bits per heavy atom. The molecule has 0 radical (unpaired) electrons. The van der Waals surface area contributed by atoms with Crippen LogP contribution in [0.4, 0.5) is 4.39 Å². The SMILES string of the molecule is [2H][C@@]1(c2ccccc2F)OC(N)=C(OS(=O)(=O)Cc2ccccc2)C1=O. The van der Waals surface area contributed by atoms with Crippen molar-refractivity contribution in [2.24, 2.45) is 5.73 Å². The Morgan fingerprint density at radius 3 is 2.48 bits per heavy atom. The van der Waals surface area contributed by atoms with Crippen LogP contribution < -0.4 is 5.73 Å². The molecule has 0 bridgehead atoms. The number of ketones is 1. The lowest BCUT2D eigenvalue weighted by Crippen LogP contribution is -2.16. The van der Waals surface area contributed by atoms with E-state index in [0.29, 0.717) is 5.56 Å². The van der Waals surface area contributed by atoms with Crippen LogP contribution in [0, 0.1) is 5.82 Å². The van der Waals surface area contributed by atoms with Crippen molar-refractivity contribution in [2.75, 3.05) is 0 Å². The van der Waals surface area contributed by atoms with Gasteiger partial charge in [0.2, 0.25) is 17.4 Å². The highest BCUT2D eigenvalue weighted by Gasteiger charge is 2.40. The lowest BCUT2D eigenvalue weighted by atomic mass is 10.1. The average molecular weight is 364 g/mol. The molecule has 0 amide bonds. The number of halogens is 1. The normalized spacial score (nSPS) is 21.0. The number of nitrogens with two attached hydrogens (primary N) is 1. The standard InChI is InChI=1S/C17H14FNO5S/c18-13-9-5-4-8-12(13)15-14(20)16(17(19)23-15)24-25(21,22)10-11-6-2-1-3-7-11/h1-9,15H,10,19H2/t15-/m0/s1/i15D. The van der Waals surface area contributed by atoms with E-state index < -0.39 is 50.8 Å². The number of rotatable bonds is 5. The Hall–Kier alpha value is -2.87. The van der Waals surface area contributed by atoms with Gasteiger partial charge in [-0.2, -0.15) is 8.42 Å². The Kier molecular flexibility index (Phi) is 4.10. The summed E-state index contributed by atoms with van der Waals surface area (Å²) in [5.74, 6) is -4.10. The maximum Gasteiger partial charge on any atom is 0.313 e. The second-order valence-corrected chi connectivity index (χ2v) is 6.78. The summed E-state index contributed by atoms with van der Waals surface area (Å²) in [5, 5.41) is 0. The lowest BCUT2D eigenvalue weighted by molar-refractivity contribution is -0.123. The molecule has 1 aliphatic rings. The predicted molar refractivity (Wildman–Crippen MR) is 86.6 cm³/mol. The zero-order valence-corrected chi connectivity index (χ0v) is 13.6. The Bertz CT molecular complexity index is 993. The van der Waals surface area contributed by atoms with Gasteiger partial charge in [0.1, 0.15) is 11.6 Å². The molecule has 25 heavy (non-hydrogen) atoms. The van der Waals surface area contributed by atoms with E-state index in [4.69, 9.17) is 16.0 Å². The molecule has 130 valence electrons. The minimum atomic E-state index is -4.24. The molecule has 0 unspecified atom stereocenters. The number of ether oxygens (including phenoxy) is 1. The molecule has 0 aliphatic carbocycles. The van der Waals surface area contributed by atoms with Crippen LogP contribution in [0.2, 0.25) is 0 Å². The molecule has 0 saturated carbocycles. The molecule has 2 aromatic rings. The molecule has 1 atom stereocenters. The fourth-order valence-corrected chi connectivity index (χ4v) is 3.33. The third-order valence-electron chi connectivity index (χ3n) is 3.36. The smallest absolute Gasteiger partial charge is 0.313 e. The van der Waals surface area contributed by atoms with E-state index in [1.165, 1.54) is 18.2 Å². The fourth-order valence-electron chi connectivity index (χ4n) is 2.25. The van der Waals surface area contributed by atoms with Crippen LogP contribution in [-0.2, 0) is 29.6 Å². The summed E-state index contributed by atoms with van der Waals surface area (Å²) in [7, 11) is -4.24. The second kappa shape index (κ2) is 6.56. The highest BCUT2D eigenvalue weighted by molar-refractivity contribution is 7.86. The van der Waals surface area contributed by atoms with Crippen molar-refractivity contribution in [1.29, 1.82) is 0 Å². The Morgan fingerprint density at radius 1 is 1.16 bits per heavy atom. The summed E-state index contributed by atoms with van der Waals surface area (Å²) in [6, 6.07) is 13.2. The van der Waals surface area contributed by atoms with Gasteiger partial charge in [-0.1, -0.05) is 48.5 Å². The molecular weight excluding hydrogens is 349 g/mol. The molecule has 1 aliphatic heterocycles. The maximum atomic E-state index is 14.0. The molecule has 3 rings (SSSR count). The predicted octanol–water partition coefficient (Wildman–Crippen LogP) is 2.14. The van der Waals surface area contributed by atoms with E-state index in [9.17, 15) is 17.6 Å². The maximum absolute atomic E-state index is 14.0. The van der Waals surface area contributed by atoms with E-state index in [2.05, 4.69) is 0 Å². The van der Waals surface area contributed by atoms with Crippen LogP contribution in [-0.4, -0.2) is 14.2 Å². The van der Waals surface area contributed by atoms with Crippen LogP contribution in [0.5, 0.6) is 0 Å². The van der Waals surface area contributed by atoms with Gasteiger partial charge in [-0.15, -0.1) is 0 Å². The minimum absolute atomic E-state index is 0.396. The third-order valence-corrected chi connectivity index (χ3v) is 4.47. The monoisotopic (exact) mass is 364 g/mol. The molecule has 0 saturated heterocycles. The van der Waals surface area contributed by atoms with Crippen LogP contribution in [0.3, 0.4) is 0 Å². The number of hydrogen-bond acceptors (Lipinski definition) is 6. The first kappa shape index (κ1) is 15.6. The molecule has 2 aromatic carbocycles. The van der Waals surface area contributed by atoms with Crippen molar-refractivity contribution in [2.45, 2.75) is 11.8 Å². The number of Topliss-reactive ketones (excluding diaryl/α,β-unsaturated/α-hetero) is 1. The van der Waals surface area contributed by atoms with E-state index in [-0.39, 0.29) is 0 Å². The molecule has 6 nitrogen and oxygen atoms in total. The van der Waals surface area contributed by atoms with Crippen molar-refractivity contribution >= 4 is 15.9 Å². The van der Waals surface area contributed by atoms with Gasteiger partial charge in [0.15, 0.2) is 6.08 Å². The van der Waals surface area contributed by atoms with Crippen molar-refractivity contribution in [1.82, 2.24) is 0 Å². The summed E-state index contributed by atoms with van der Waals surface area (Å²) in [6.45, 7) is 0.